The fourth-order valence-corrected chi connectivity index (χ4v) is 5.17. The number of rotatable bonds is 7. The van der Waals surface area contributed by atoms with Crippen LogP contribution in [-0.2, 0) is 14.8 Å². The number of hydrogen-bond acceptors (Lipinski definition) is 3. The highest BCUT2D eigenvalue weighted by molar-refractivity contribution is 9.10. The molecule has 3 rings (SSSR count). The van der Waals surface area contributed by atoms with E-state index >= 15 is 0 Å². The lowest BCUT2D eigenvalue weighted by molar-refractivity contribution is -0.120. The number of halogens is 1. The standard InChI is InChI=1S/C25H27BrN2O3S/c1-17-6-13-23(14-7-17)32(30,31)28(22-11-9-21(26)10-12-22)16-25(29)27-20(4)24-15-18(2)5-8-19(24)3/h5-15,20H,16H2,1-4H3,(H,27,29). The molecule has 0 aliphatic heterocycles. The van der Waals surface area contributed by atoms with E-state index in [-0.39, 0.29) is 23.4 Å². The van der Waals surface area contributed by atoms with Gasteiger partial charge in [-0.3, -0.25) is 9.10 Å². The monoisotopic (exact) mass is 514 g/mol. The Morgan fingerprint density at radius 1 is 0.938 bits per heavy atom. The number of nitrogens with zero attached hydrogens (tertiary/aromatic N) is 1. The summed E-state index contributed by atoms with van der Waals surface area (Å²) in [6.07, 6.45) is 0. The minimum Gasteiger partial charge on any atom is -0.348 e. The number of sulfonamides is 1. The summed E-state index contributed by atoms with van der Waals surface area (Å²) in [5, 5.41) is 2.95. The van der Waals surface area contributed by atoms with Crippen molar-refractivity contribution in [2.24, 2.45) is 0 Å². The third-order valence-electron chi connectivity index (χ3n) is 5.29. The first-order valence-corrected chi connectivity index (χ1v) is 12.5. The van der Waals surface area contributed by atoms with Gasteiger partial charge in [-0.2, -0.15) is 0 Å². The van der Waals surface area contributed by atoms with E-state index in [1.165, 1.54) is 0 Å². The van der Waals surface area contributed by atoms with Crippen LogP contribution in [0.15, 0.2) is 76.1 Å². The molecule has 0 fully saturated rings. The summed E-state index contributed by atoms with van der Waals surface area (Å²) in [5.74, 6) is -0.378. The molecule has 168 valence electrons. The smallest absolute Gasteiger partial charge is 0.264 e. The highest BCUT2D eigenvalue weighted by Gasteiger charge is 2.27. The Morgan fingerprint density at radius 2 is 1.53 bits per heavy atom. The number of hydrogen-bond donors (Lipinski definition) is 1. The first kappa shape index (κ1) is 24.0. The second kappa shape index (κ2) is 9.88. The molecule has 0 heterocycles. The molecule has 0 saturated carbocycles. The second-order valence-corrected chi connectivity index (χ2v) is 10.7. The van der Waals surface area contributed by atoms with Crippen molar-refractivity contribution < 1.29 is 13.2 Å². The largest absolute Gasteiger partial charge is 0.348 e. The van der Waals surface area contributed by atoms with Gasteiger partial charge in [-0.1, -0.05) is 57.4 Å². The predicted molar refractivity (Wildman–Crippen MR) is 132 cm³/mol. The molecule has 3 aromatic carbocycles. The first-order valence-electron chi connectivity index (χ1n) is 10.3. The molecule has 3 aromatic rings. The molecule has 5 nitrogen and oxygen atoms in total. The first-order chi connectivity index (χ1) is 15.1. The van der Waals surface area contributed by atoms with E-state index in [0.717, 1.165) is 31.0 Å². The van der Waals surface area contributed by atoms with Crippen LogP contribution in [-0.4, -0.2) is 20.9 Å². The number of benzene rings is 3. The number of amides is 1. The van der Waals surface area contributed by atoms with E-state index in [0.29, 0.717) is 5.69 Å². The minimum atomic E-state index is -3.94. The Kier molecular flexibility index (Phi) is 7.41. The fraction of sp³-hybridized carbons (Fsp3) is 0.240. The summed E-state index contributed by atoms with van der Waals surface area (Å²) in [5.41, 5.74) is 4.56. The van der Waals surface area contributed by atoms with Crippen molar-refractivity contribution in [3.05, 3.63) is 93.5 Å². The molecule has 0 saturated heterocycles. The maximum atomic E-state index is 13.5. The van der Waals surface area contributed by atoms with Gasteiger partial charge >= 0.3 is 0 Å². The van der Waals surface area contributed by atoms with Gasteiger partial charge in [0.05, 0.1) is 16.6 Å². The van der Waals surface area contributed by atoms with Crippen LogP contribution in [0.25, 0.3) is 0 Å². The molecule has 1 N–H and O–H groups in total. The van der Waals surface area contributed by atoms with Crippen molar-refractivity contribution in [2.45, 2.75) is 38.6 Å². The average Bonchev–Trinajstić information content (AvgIpc) is 2.74. The Labute approximate surface area is 198 Å². The molecule has 0 aliphatic carbocycles. The van der Waals surface area contributed by atoms with E-state index in [1.54, 1.807) is 48.5 Å². The van der Waals surface area contributed by atoms with E-state index in [1.807, 2.05) is 45.9 Å². The van der Waals surface area contributed by atoms with Crippen LogP contribution in [0, 0.1) is 20.8 Å². The van der Waals surface area contributed by atoms with Crippen LogP contribution < -0.4 is 9.62 Å². The molecule has 0 aromatic heterocycles. The van der Waals surface area contributed by atoms with Gasteiger partial charge in [0.1, 0.15) is 6.54 Å². The van der Waals surface area contributed by atoms with Crippen molar-refractivity contribution in [2.75, 3.05) is 10.8 Å². The SMILES string of the molecule is Cc1ccc(S(=O)(=O)N(CC(=O)NC(C)c2cc(C)ccc2C)c2ccc(Br)cc2)cc1. The van der Waals surface area contributed by atoms with Crippen molar-refractivity contribution in [3.63, 3.8) is 0 Å². The van der Waals surface area contributed by atoms with Crippen LogP contribution >= 0.6 is 15.9 Å². The van der Waals surface area contributed by atoms with Crippen LogP contribution in [0.4, 0.5) is 5.69 Å². The topological polar surface area (TPSA) is 66.5 Å². The van der Waals surface area contributed by atoms with Crippen molar-refractivity contribution in [1.82, 2.24) is 5.32 Å². The zero-order chi connectivity index (χ0) is 23.5. The third-order valence-corrected chi connectivity index (χ3v) is 7.61. The van der Waals surface area contributed by atoms with Crippen LogP contribution in [0.5, 0.6) is 0 Å². The van der Waals surface area contributed by atoms with Gasteiger partial charge in [0.25, 0.3) is 10.0 Å². The average molecular weight is 515 g/mol. The molecule has 1 atom stereocenters. The Balaban J connectivity index is 1.90. The predicted octanol–water partition coefficient (Wildman–Crippen LogP) is 5.45. The third kappa shape index (κ3) is 5.58. The summed E-state index contributed by atoms with van der Waals surface area (Å²) in [4.78, 5) is 13.1. The lowest BCUT2D eigenvalue weighted by Gasteiger charge is -2.25. The fourth-order valence-electron chi connectivity index (χ4n) is 3.48. The van der Waals surface area contributed by atoms with Crippen LogP contribution in [0.3, 0.4) is 0 Å². The normalized spacial score (nSPS) is 12.3. The Hall–Kier alpha value is -2.64. The van der Waals surface area contributed by atoms with E-state index in [9.17, 15) is 13.2 Å². The molecule has 0 spiro atoms. The number of aryl methyl sites for hydroxylation is 3. The molecule has 1 amide bonds. The molecule has 7 heteroatoms. The molecular weight excluding hydrogens is 488 g/mol. The summed E-state index contributed by atoms with van der Waals surface area (Å²) in [7, 11) is -3.94. The van der Waals surface area contributed by atoms with Gasteiger partial charge in [0, 0.05) is 4.47 Å². The van der Waals surface area contributed by atoms with Crippen molar-refractivity contribution in [1.29, 1.82) is 0 Å². The minimum absolute atomic E-state index is 0.140. The zero-order valence-corrected chi connectivity index (χ0v) is 21.0. The highest BCUT2D eigenvalue weighted by Crippen LogP contribution is 2.26. The molecule has 1 unspecified atom stereocenters. The second-order valence-electron chi connectivity index (χ2n) is 7.95. The zero-order valence-electron chi connectivity index (χ0n) is 18.6. The van der Waals surface area contributed by atoms with Crippen LogP contribution in [0.2, 0.25) is 0 Å². The van der Waals surface area contributed by atoms with Gasteiger partial charge in [-0.25, -0.2) is 8.42 Å². The number of carbonyl (C=O) groups is 1. The summed E-state index contributed by atoms with van der Waals surface area (Å²) >= 11 is 3.37. The Morgan fingerprint density at radius 3 is 2.16 bits per heavy atom. The van der Waals surface area contributed by atoms with Crippen molar-refractivity contribution >= 4 is 37.5 Å². The molecular formula is C25H27BrN2O3S. The van der Waals surface area contributed by atoms with Gasteiger partial charge in [0.15, 0.2) is 0 Å². The maximum absolute atomic E-state index is 13.5. The van der Waals surface area contributed by atoms with Gasteiger partial charge in [-0.15, -0.1) is 0 Å². The summed E-state index contributed by atoms with van der Waals surface area (Å²) in [6, 6.07) is 19.3. The van der Waals surface area contributed by atoms with Gasteiger partial charge in [-0.05, 0) is 75.2 Å². The quantitative estimate of drug-likeness (QED) is 0.455. The molecule has 0 radical (unpaired) electrons. The van der Waals surface area contributed by atoms with Crippen molar-refractivity contribution in [3.8, 4) is 0 Å². The van der Waals surface area contributed by atoms with E-state index < -0.39 is 10.0 Å². The lowest BCUT2D eigenvalue weighted by Crippen LogP contribution is -2.41. The van der Waals surface area contributed by atoms with E-state index in [4.69, 9.17) is 0 Å². The maximum Gasteiger partial charge on any atom is 0.264 e. The highest BCUT2D eigenvalue weighted by atomic mass is 79.9. The summed E-state index contributed by atoms with van der Waals surface area (Å²) in [6.45, 7) is 7.46. The molecule has 0 aliphatic rings. The lowest BCUT2D eigenvalue weighted by atomic mass is 10.00. The van der Waals surface area contributed by atoms with E-state index in [2.05, 4.69) is 21.2 Å². The van der Waals surface area contributed by atoms with Crippen LogP contribution in [0.1, 0.15) is 35.2 Å². The number of anilines is 1. The number of carbonyl (C=O) groups excluding carboxylic acids is 1. The van der Waals surface area contributed by atoms with Gasteiger partial charge < -0.3 is 5.32 Å². The molecule has 0 bridgehead atoms. The summed E-state index contributed by atoms with van der Waals surface area (Å²) < 4.78 is 28.9. The molecule has 32 heavy (non-hydrogen) atoms. The van der Waals surface area contributed by atoms with Gasteiger partial charge in [0.2, 0.25) is 5.91 Å². The Bertz CT molecular complexity index is 1210. The number of nitrogens with one attached hydrogen (secondary N) is 1.